The van der Waals surface area contributed by atoms with Gasteiger partial charge in [-0.1, -0.05) is 32.0 Å². The molecule has 0 aromatic heterocycles. The lowest BCUT2D eigenvalue weighted by atomic mass is 10.1. The molecule has 1 unspecified atom stereocenters. The van der Waals surface area contributed by atoms with Crippen molar-refractivity contribution >= 4 is 22.6 Å². The second-order valence-corrected chi connectivity index (χ2v) is 5.24. The van der Waals surface area contributed by atoms with Crippen LogP contribution in [0.4, 0.5) is 0 Å². The van der Waals surface area contributed by atoms with Crippen molar-refractivity contribution in [3.05, 3.63) is 32.9 Å². The molecule has 1 rings (SSSR count). The molecule has 0 aliphatic heterocycles. The van der Waals surface area contributed by atoms with Gasteiger partial charge in [0, 0.05) is 10.2 Å². The highest BCUT2D eigenvalue weighted by atomic mass is 127. The van der Waals surface area contributed by atoms with E-state index in [2.05, 4.69) is 66.9 Å². The standard InChI is InChI=1S/C14H22INO/c1-4-9-17-10-13(16-5-2)12-8-6-7-11(3)14(12)15/h6-8,13,16H,4-5,9-10H2,1-3H3. The minimum absolute atomic E-state index is 0.304. The number of hydrogen-bond acceptors (Lipinski definition) is 2. The molecule has 0 radical (unpaired) electrons. The Balaban J connectivity index is 2.77. The van der Waals surface area contributed by atoms with Crippen LogP contribution in [-0.2, 0) is 4.74 Å². The Hall–Kier alpha value is -0.130. The summed E-state index contributed by atoms with van der Waals surface area (Å²) in [6.07, 6.45) is 1.07. The Bertz CT molecular complexity index is 341. The summed E-state index contributed by atoms with van der Waals surface area (Å²) < 4.78 is 7.02. The largest absolute Gasteiger partial charge is 0.379 e. The van der Waals surface area contributed by atoms with Crippen LogP contribution in [0, 0.1) is 10.5 Å². The zero-order valence-electron chi connectivity index (χ0n) is 10.9. The highest BCUT2D eigenvalue weighted by molar-refractivity contribution is 14.1. The number of benzene rings is 1. The molecular formula is C14H22INO. The van der Waals surface area contributed by atoms with Gasteiger partial charge in [0.05, 0.1) is 12.6 Å². The first-order valence-corrected chi connectivity index (χ1v) is 7.34. The Morgan fingerprint density at radius 2 is 2.12 bits per heavy atom. The molecule has 0 heterocycles. The van der Waals surface area contributed by atoms with E-state index in [1.807, 2.05) is 0 Å². The summed E-state index contributed by atoms with van der Waals surface area (Å²) in [7, 11) is 0. The summed E-state index contributed by atoms with van der Waals surface area (Å²) in [5, 5.41) is 3.50. The summed E-state index contributed by atoms with van der Waals surface area (Å²) in [4.78, 5) is 0. The van der Waals surface area contributed by atoms with Gasteiger partial charge in [-0.25, -0.2) is 0 Å². The van der Waals surface area contributed by atoms with Crippen LogP contribution in [0.5, 0.6) is 0 Å². The molecule has 1 atom stereocenters. The van der Waals surface area contributed by atoms with E-state index in [4.69, 9.17) is 4.74 Å². The Labute approximate surface area is 118 Å². The fourth-order valence-electron chi connectivity index (χ4n) is 1.79. The lowest BCUT2D eigenvalue weighted by Crippen LogP contribution is -2.26. The molecule has 0 aliphatic rings. The van der Waals surface area contributed by atoms with Crippen molar-refractivity contribution in [3.8, 4) is 0 Å². The van der Waals surface area contributed by atoms with E-state index >= 15 is 0 Å². The third kappa shape index (κ3) is 4.56. The SMILES string of the molecule is CCCOCC(NCC)c1cccc(C)c1I. The first-order chi connectivity index (χ1) is 8.20. The average molecular weight is 347 g/mol. The summed E-state index contributed by atoms with van der Waals surface area (Å²) in [6.45, 7) is 8.98. The second-order valence-electron chi connectivity index (χ2n) is 4.16. The van der Waals surface area contributed by atoms with Gasteiger partial charge in [-0.05, 0) is 53.6 Å². The molecule has 0 saturated carbocycles. The minimum Gasteiger partial charge on any atom is -0.379 e. The van der Waals surface area contributed by atoms with E-state index in [-0.39, 0.29) is 0 Å². The lowest BCUT2D eigenvalue weighted by molar-refractivity contribution is 0.112. The fraction of sp³-hybridized carbons (Fsp3) is 0.571. The first-order valence-electron chi connectivity index (χ1n) is 6.26. The van der Waals surface area contributed by atoms with E-state index in [9.17, 15) is 0 Å². The minimum atomic E-state index is 0.304. The highest BCUT2D eigenvalue weighted by Crippen LogP contribution is 2.23. The monoisotopic (exact) mass is 347 g/mol. The van der Waals surface area contributed by atoms with Crippen molar-refractivity contribution in [1.82, 2.24) is 5.32 Å². The normalized spacial score (nSPS) is 12.7. The van der Waals surface area contributed by atoms with E-state index in [1.54, 1.807) is 0 Å². The van der Waals surface area contributed by atoms with Crippen LogP contribution in [0.25, 0.3) is 0 Å². The van der Waals surface area contributed by atoms with Crippen molar-refractivity contribution in [1.29, 1.82) is 0 Å². The van der Waals surface area contributed by atoms with Gasteiger partial charge in [0.15, 0.2) is 0 Å². The predicted octanol–water partition coefficient (Wildman–Crippen LogP) is 3.68. The van der Waals surface area contributed by atoms with Gasteiger partial charge in [-0.15, -0.1) is 0 Å². The molecule has 1 aromatic rings. The molecule has 2 nitrogen and oxygen atoms in total. The average Bonchev–Trinajstić information content (AvgIpc) is 2.32. The number of rotatable bonds is 7. The molecule has 0 spiro atoms. The zero-order valence-corrected chi connectivity index (χ0v) is 13.1. The van der Waals surface area contributed by atoms with Crippen molar-refractivity contribution in [2.24, 2.45) is 0 Å². The third-order valence-corrected chi connectivity index (χ3v) is 4.15. The predicted molar refractivity (Wildman–Crippen MR) is 81.4 cm³/mol. The maximum atomic E-state index is 5.68. The number of aryl methyl sites for hydroxylation is 1. The molecule has 0 saturated heterocycles. The summed E-state index contributed by atoms with van der Waals surface area (Å²) in [5.74, 6) is 0. The van der Waals surface area contributed by atoms with Gasteiger partial charge in [-0.2, -0.15) is 0 Å². The van der Waals surface area contributed by atoms with E-state index < -0.39 is 0 Å². The molecule has 0 aliphatic carbocycles. The van der Waals surface area contributed by atoms with Gasteiger partial charge in [-0.3, -0.25) is 0 Å². The molecule has 1 aromatic carbocycles. The second kappa shape index (κ2) is 8.06. The third-order valence-electron chi connectivity index (χ3n) is 2.68. The van der Waals surface area contributed by atoms with E-state index in [0.717, 1.165) is 26.2 Å². The van der Waals surface area contributed by atoms with Gasteiger partial charge >= 0.3 is 0 Å². The molecule has 3 heteroatoms. The molecule has 1 N–H and O–H groups in total. The van der Waals surface area contributed by atoms with Gasteiger partial charge < -0.3 is 10.1 Å². The number of halogens is 1. The first kappa shape index (κ1) is 14.9. The molecule has 0 fully saturated rings. The molecule has 0 bridgehead atoms. The smallest absolute Gasteiger partial charge is 0.0661 e. The fourth-order valence-corrected chi connectivity index (χ4v) is 2.53. The number of nitrogens with one attached hydrogen (secondary N) is 1. The lowest BCUT2D eigenvalue weighted by Gasteiger charge is -2.20. The van der Waals surface area contributed by atoms with Crippen molar-refractivity contribution in [2.45, 2.75) is 33.2 Å². The van der Waals surface area contributed by atoms with E-state index in [0.29, 0.717) is 6.04 Å². The zero-order chi connectivity index (χ0) is 12.7. The Morgan fingerprint density at radius 3 is 2.76 bits per heavy atom. The topological polar surface area (TPSA) is 21.3 Å². The highest BCUT2D eigenvalue weighted by Gasteiger charge is 2.14. The van der Waals surface area contributed by atoms with Crippen molar-refractivity contribution in [3.63, 3.8) is 0 Å². The van der Waals surface area contributed by atoms with Crippen molar-refractivity contribution < 1.29 is 4.74 Å². The maximum Gasteiger partial charge on any atom is 0.0661 e. The summed E-state index contributed by atoms with van der Waals surface area (Å²) >= 11 is 2.43. The molecule has 0 amide bonds. The number of likely N-dealkylation sites (N-methyl/N-ethyl adjacent to an activating group) is 1. The summed E-state index contributed by atoms with van der Waals surface area (Å²) in [6, 6.07) is 6.77. The van der Waals surface area contributed by atoms with Crippen LogP contribution < -0.4 is 5.32 Å². The number of ether oxygens (including phenoxy) is 1. The van der Waals surface area contributed by atoms with Crippen LogP contribution >= 0.6 is 22.6 Å². The van der Waals surface area contributed by atoms with Gasteiger partial charge in [0.25, 0.3) is 0 Å². The van der Waals surface area contributed by atoms with Crippen LogP contribution in [0.15, 0.2) is 18.2 Å². The van der Waals surface area contributed by atoms with Gasteiger partial charge in [0.2, 0.25) is 0 Å². The van der Waals surface area contributed by atoms with Crippen LogP contribution in [0.3, 0.4) is 0 Å². The number of hydrogen-bond donors (Lipinski definition) is 1. The quantitative estimate of drug-likeness (QED) is 0.600. The van der Waals surface area contributed by atoms with Crippen LogP contribution in [-0.4, -0.2) is 19.8 Å². The molecule has 96 valence electrons. The Kier molecular flexibility index (Phi) is 7.08. The van der Waals surface area contributed by atoms with Crippen molar-refractivity contribution in [2.75, 3.05) is 19.8 Å². The van der Waals surface area contributed by atoms with Crippen LogP contribution in [0.1, 0.15) is 37.4 Å². The molecule has 17 heavy (non-hydrogen) atoms. The molecular weight excluding hydrogens is 325 g/mol. The maximum absolute atomic E-state index is 5.68. The van der Waals surface area contributed by atoms with E-state index in [1.165, 1.54) is 14.7 Å². The Morgan fingerprint density at radius 1 is 1.35 bits per heavy atom. The van der Waals surface area contributed by atoms with Gasteiger partial charge in [0.1, 0.15) is 0 Å². The van der Waals surface area contributed by atoms with Crippen LogP contribution in [0.2, 0.25) is 0 Å². The summed E-state index contributed by atoms with van der Waals surface area (Å²) in [5.41, 5.74) is 2.69.